The van der Waals surface area contributed by atoms with Crippen LogP contribution in [0, 0.1) is 5.92 Å². The SMILES string of the molecule is O=C([O-])Cc1ccc2c(c1)CC(CCNS(=O)(=O)c1ccc(Cl)cc1)C2. The maximum absolute atomic E-state index is 12.3. The van der Waals surface area contributed by atoms with Crippen LogP contribution < -0.4 is 9.83 Å². The molecule has 0 amide bonds. The van der Waals surface area contributed by atoms with Gasteiger partial charge in [-0.05, 0) is 66.1 Å². The van der Waals surface area contributed by atoms with Crippen LogP contribution in [0.15, 0.2) is 47.4 Å². The number of aliphatic carboxylic acids is 1. The topological polar surface area (TPSA) is 86.3 Å². The predicted octanol–water partition coefficient (Wildman–Crippen LogP) is 1.72. The van der Waals surface area contributed by atoms with Gasteiger partial charge in [-0.2, -0.15) is 0 Å². The number of carboxylic acids is 1. The van der Waals surface area contributed by atoms with Gasteiger partial charge in [0.1, 0.15) is 0 Å². The third-order valence-corrected chi connectivity index (χ3v) is 6.33. The van der Waals surface area contributed by atoms with E-state index >= 15 is 0 Å². The molecule has 5 nitrogen and oxygen atoms in total. The summed E-state index contributed by atoms with van der Waals surface area (Å²) in [4.78, 5) is 10.9. The van der Waals surface area contributed by atoms with E-state index in [1.807, 2.05) is 18.2 Å². The normalized spacial score (nSPS) is 16.4. The van der Waals surface area contributed by atoms with Crippen LogP contribution in [0.3, 0.4) is 0 Å². The van der Waals surface area contributed by atoms with Crippen molar-refractivity contribution < 1.29 is 18.3 Å². The van der Waals surface area contributed by atoms with Gasteiger partial charge >= 0.3 is 0 Å². The lowest BCUT2D eigenvalue weighted by atomic mass is 10.0. The second-order valence-corrected chi connectivity index (χ2v) is 8.77. The van der Waals surface area contributed by atoms with E-state index in [1.165, 1.54) is 17.7 Å². The molecule has 0 radical (unpaired) electrons. The molecule has 0 aliphatic heterocycles. The molecule has 0 saturated heterocycles. The number of halogens is 1. The fraction of sp³-hybridized carbons (Fsp3) is 0.316. The monoisotopic (exact) mass is 392 g/mol. The average Bonchev–Trinajstić information content (AvgIpc) is 2.96. The summed E-state index contributed by atoms with van der Waals surface area (Å²) in [5.74, 6) is -0.743. The minimum absolute atomic E-state index is 0.0845. The molecule has 0 bridgehead atoms. The maximum atomic E-state index is 12.3. The number of sulfonamides is 1. The first kappa shape index (κ1) is 18.9. The highest BCUT2D eigenvalue weighted by Crippen LogP contribution is 2.29. The van der Waals surface area contributed by atoms with Gasteiger partial charge in [0.25, 0.3) is 0 Å². The van der Waals surface area contributed by atoms with Crippen LogP contribution in [0.4, 0.5) is 0 Å². The van der Waals surface area contributed by atoms with Gasteiger partial charge in [-0.1, -0.05) is 29.8 Å². The summed E-state index contributed by atoms with van der Waals surface area (Å²) in [5.41, 5.74) is 3.10. The molecule has 0 spiro atoms. The van der Waals surface area contributed by atoms with Gasteiger partial charge in [-0.25, -0.2) is 13.1 Å². The molecule has 0 saturated carbocycles. The summed E-state index contributed by atoms with van der Waals surface area (Å²) >= 11 is 5.78. The molecule has 3 rings (SSSR count). The lowest BCUT2D eigenvalue weighted by molar-refractivity contribution is -0.304. The number of hydrogen-bond donors (Lipinski definition) is 1. The lowest BCUT2D eigenvalue weighted by Gasteiger charge is -2.10. The minimum atomic E-state index is -3.54. The van der Waals surface area contributed by atoms with Gasteiger partial charge in [0.2, 0.25) is 10.0 Å². The Morgan fingerprint density at radius 1 is 1.12 bits per heavy atom. The number of fused-ring (bicyclic) bond motifs is 1. The number of hydrogen-bond acceptors (Lipinski definition) is 4. The molecular formula is C19H19ClNO4S-. The second kappa shape index (κ2) is 7.78. The minimum Gasteiger partial charge on any atom is -0.550 e. The third-order valence-electron chi connectivity index (χ3n) is 4.60. The molecule has 0 heterocycles. The van der Waals surface area contributed by atoms with Gasteiger partial charge in [-0.15, -0.1) is 0 Å². The van der Waals surface area contributed by atoms with Crippen molar-refractivity contribution in [3.63, 3.8) is 0 Å². The van der Waals surface area contributed by atoms with Crippen LogP contribution in [-0.4, -0.2) is 20.9 Å². The summed E-state index contributed by atoms with van der Waals surface area (Å²) in [6.45, 7) is 0.357. The Hall–Kier alpha value is -1.89. The molecule has 26 heavy (non-hydrogen) atoms. The summed E-state index contributed by atoms with van der Waals surface area (Å²) in [6.07, 6.45) is 2.35. The molecule has 1 aliphatic rings. The first-order valence-electron chi connectivity index (χ1n) is 8.39. The zero-order valence-corrected chi connectivity index (χ0v) is 15.6. The molecule has 7 heteroatoms. The van der Waals surface area contributed by atoms with Gasteiger partial charge in [-0.3, -0.25) is 0 Å². The molecule has 0 fully saturated rings. The largest absolute Gasteiger partial charge is 0.550 e. The van der Waals surface area contributed by atoms with Crippen molar-refractivity contribution in [1.82, 2.24) is 4.72 Å². The number of nitrogens with one attached hydrogen (secondary N) is 1. The molecule has 1 N–H and O–H groups in total. The fourth-order valence-electron chi connectivity index (χ4n) is 3.34. The number of carbonyl (C=O) groups is 1. The van der Waals surface area contributed by atoms with Crippen LogP contribution >= 0.6 is 11.6 Å². The van der Waals surface area contributed by atoms with Crippen molar-refractivity contribution >= 4 is 27.6 Å². The lowest BCUT2D eigenvalue weighted by Crippen LogP contribution is -2.26. The summed E-state index contributed by atoms with van der Waals surface area (Å²) in [5, 5.41) is 11.2. The van der Waals surface area contributed by atoms with Gasteiger partial charge < -0.3 is 9.90 Å². The Kier molecular flexibility index (Phi) is 5.65. The summed E-state index contributed by atoms with van der Waals surface area (Å²) in [6, 6.07) is 11.8. The molecule has 2 aromatic rings. The van der Waals surface area contributed by atoms with Crippen molar-refractivity contribution in [3.05, 3.63) is 64.2 Å². The Bertz CT molecular complexity index is 910. The molecule has 1 unspecified atom stereocenters. The predicted molar refractivity (Wildman–Crippen MR) is 97.3 cm³/mol. The first-order chi connectivity index (χ1) is 12.3. The van der Waals surface area contributed by atoms with E-state index in [-0.39, 0.29) is 11.3 Å². The Morgan fingerprint density at radius 2 is 1.81 bits per heavy atom. The van der Waals surface area contributed by atoms with Crippen LogP contribution in [0.5, 0.6) is 0 Å². The molecule has 1 aliphatic carbocycles. The van der Waals surface area contributed by atoms with Crippen molar-refractivity contribution in [2.24, 2.45) is 5.92 Å². The first-order valence-corrected chi connectivity index (χ1v) is 10.3. The van der Waals surface area contributed by atoms with Gasteiger partial charge in [0.05, 0.1) is 4.90 Å². The smallest absolute Gasteiger partial charge is 0.240 e. The molecule has 138 valence electrons. The molecule has 1 atom stereocenters. The zero-order chi connectivity index (χ0) is 18.7. The van der Waals surface area contributed by atoms with Crippen molar-refractivity contribution in [1.29, 1.82) is 0 Å². The Balaban J connectivity index is 1.54. The average molecular weight is 393 g/mol. The van der Waals surface area contributed by atoms with E-state index in [0.29, 0.717) is 17.5 Å². The van der Waals surface area contributed by atoms with Crippen LogP contribution in [0.2, 0.25) is 5.02 Å². The number of carbonyl (C=O) groups excluding carboxylic acids is 1. The molecular weight excluding hydrogens is 374 g/mol. The van der Waals surface area contributed by atoms with Crippen molar-refractivity contribution in [3.8, 4) is 0 Å². The van der Waals surface area contributed by atoms with E-state index in [2.05, 4.69) is 4.72 Å². The maximum Gasteiger partial charge on any atom is 0.240 e. The Labute approximate surface area is 158 Å². The van der Waals surface area contributed by atoms with Crippen LogP contribution in [-0.2, 0) is 34.1 Å². The summed E-state index contributed by atoms with van der Waals surface area (Å²) in [7, 11) is -3.54. The standard InChI is InChI=1S/C19H20ClNO4S/c20-17-3-5-18(6-4-17)26(24,25)21-8-7-14-9-15-2-1-13(12-19(22)23)10-16(15)11-14/h1-6,10,14,21H,7-9,11-12H2,(H,22,23)/p-1. The van der Waals surface area contributed by atoms with Crippen molar-refractivity contribution in [2.75, 3.05) is 6.54 Å². The zero-order valence-electron chi connectivity index (χ0n) is 14.1. The highest BCUT2D eigenvalue weighted by atomic mass is 35.5. The van der Waals surface area contributed by atoms with Crippen molar-refractivity contribution in [2.45, 2.75) is 30.6 Å². The van der Waals surface area contributed by atoms with E-state index < -0.39 is 16.0 Å². The van der Waals surface area contributed by atoms with Crippen LogP contribution in [0.1, 0.15) is 23.1 Å². The molecule has 0 aromatic heterocycles. The van der Waals surface area contributed by atoms with E-state index in [4.69, 9.17) is 11.6 Å². The van der Waals surface area contributed by atoms with E-state index in [0.717, 1.165) is 30.4 Å². The highest BCUT2D eigenvalue weighted by molar-refractivity contribution is 7.89. The molecule has 2 aromatic carbocycles. The van der Waals surface area contributed by atoms with E-state index in [1.54, 1.807) is 12.1 Å². The van der Waals surface area contributed by atoms with E-state index in [9.17, 15) is 18.3 Å². The second-order valence-electron chi connectivity index (χ2n) is 6.57. The number of rotatable bonds is 7. The Morgan fingerprint density at radius 3 is 2.50 bits per heavy atom. The summed E-state index contributed by atoms with van der Waals surface area (Å²) < 4.78 is 27.2. The number of carboxylic acid groups (broad SMARTS) is 1. The van der Waals surface area contributed by atoms with Gasteiger partial charge in [0, 0.05) is 24.0 Å². The quantitative estimate of drug-likeness (QED) is 0.777. The highest BCUT2D eigenvalue weighted by Gasteiger charge is 2.22. The van der Waals surface area contributed by atoms with Crippen LogP contribution in [0.25, 0.3) is 0 Å². The third kappa shape index (κ3) is 4.63. The fourth-order valence-corrected chi connectivity index (χ4v) is 4.51. The number of benzene rings is 2. The van der Waals surface area contributed by atoms with Gasteiger partial charge in [0.15, 0.2) is 0 Å².